The molecule has 54 valence electrons. The zero-order chi connectivity index (χ0) is 7.56. The Morgan fingerprint density at radius 3 is 2.80 bits per heavy atom. The normalized spacial score (nSPS) is 9.90. The lowest BCUT2D eigenvalue weighted by molar-refractivity contribution is 0.578. The number of nitrogens with zero attached hydrogens (tertiary/aromatic N) is 1. The molecule has 0 aromatic carbocycles. The number of halogens is 2. The summed E-state index contributed by atoms with van der Waals surface area (Å²) in [6.45, 7) is 1.91. The van der Waals surface area contributed by atoms with Crippen LogP contribution in [0.5, 0.6) is 0 Å². The smallest absolute Gasteiger partial charge is 0.213 e. The van der Waals surface area contributed by atoms with Crippen LogP contribution >= 0.6 is 15.9 Å². The van der Waals surface area contributed by atoms with Crippen molar-refractivity contribution in [1.82, 2.24) is 4.98 Å². The maximum atomic E-state index is 12.4. The average molecular weight is 204 g/mol. The molecule has 3 heteroatoms. The molecule has 1 nitrogen and oxygen atoms in total. The van der Waals surface area contributed by atoms with Gasteiger partial charge in [-0.15, -0.1) is 0 Å². The van der Waals surface area contributed by atoms with Crippen LogP contribution < -0.4 is 0 Å². The minimum absolute atomic E-state index is 0.417. The third-order valence-electron chi connectivity index (χ3n) is 1.29. The van der Waals surface area contributed by atoms with Crippen molar-refractivity contribution in [2.45, 2.75) is 12.3 Å². The molecular formula is C7H7BrFN. The lowest BCUT2D eigenvalue weighted by Crippen LogP contribution is -1.92. The first-order valence-corrected chi connectivity index (χ1v) is 4.04. The molecule has 0 fully saturated rings. The van der Waals surface area contributed by atoms with Crippen molar-refractivity contribution in [3.63, 3.8) is 0 Å². The predicted molar refractivity (Wildman–Crippen MR) is 41.6 cm³/mol. The van der Waals surface area contributed by atoms with Crippen molar-refractivity contribution in [3.8, 4) is 0 Å². The van der Waals surface area contributed by atoms with Gasteiger partial charge in [0.15, 0.2) is 0 Å². The highest BCUT2D eigenvalue weighted by atomic mass is 79.9. The summed E-state index contributed by atoms with van der Waals surface area (Å²) in [4.78, 5) is 3.68. The molecule has 1 aromatic rings. The number of aryl methyl sites for hydroxylation is 1. The standard InChI is InChI=1S/C7H7BrFN/c1-5-2-3-7(9)10-6(5)4-8/h2-3H,4H2,1H3. The summed E-state index contributed by atoms with van der Waals surface area (Å²) in [5, 5.41) is 0.608. The monoisotopic (exact) mass is 203 g/mol. The van der Waals surface area contributed by atoms with E-state index in [1.54, 1.807) is 6.07 Å². The van der Waals surface area contributed by atoms with Crippen LogP contribution in [0.3, 0.4) is 0 Å². The highest BCUT2D eigenvalue weighted by Crippen LogP contribution is 2.08. The van der Waals surface area contributed by atoms with Gasteiger partial charge in [-0.05, 0) is 18.6 Å². The van der Waals surface area contributed by atoms with Crippen LogP contribution in [0.15, 0.2) is 12.1 Å². The molecule has 0 saturated carbocycles. The van der Waals surface area contributed by atoms with Crippen LogP contribution in [0.1, 0.15) is 11.3 Å². The Bertz CT molecular complexity index is 237. The predicted octanol–water partition coefficient (Wildman–Crippen LogP) is 2.42. The molecule has 10 heavy (non-hydrogen) atoms. The topological polar surface area (TPSA) is 12.9 Å². The van der Waals surface area contributed by atoms with Gasteiger partial charge in [0.1, 0.15) is 0 Å². The van der Waals surface area contributed by atoms with Crippen LogP contribution in [0.25, 0.3) is 0 Å². The fraction of sp³-hybridized carbons (Fsp3) is 0.286. The zero-order valence-electron chi connectivity index (χ0n) is 5.56. The Kier molecular flexibility index (Phi) is 2.38. The maximum absolute atomic E-state index is 12.4. The first-order chi connectivity index (χ1) is 4.74. The van der Waals surface area contributed by atoms with Crippen LogP contribution in [-0.4, -0.2) is 4.98 Å². The summed E-state index contributed by atoms with van der Waals surface area (Å²) in [5.74, 6) is -0.417. The average Bonchev–Trinajstić information content (AvgIpc) is 1.94. The van der Waals surface area contributed by atoms with Crippen molar-refractivity contribution in [1.29, 1.82) is 0 Å². The maximum Gasteiger partial charge on any atom is 0.213 e. The molecule has 0 bridgehead atoms. The first kappa shape index (κ1) is 7.66. The molecule has 0 saturated heterocycles. The van der Waals surface area contributed by atoms with Gasteiger partial charge in [-0.25, -0.2) is 4.98 Å². The SMILES string of the molecule is Cc1ccc(F)nc1CBr. The Morgan fingerprint density at radius 2 is 2.30 bits per heavy atom. The lowest BCUT2D eigenvalue weighted by Gasteiger charge is -1.98. The van der Waals surface area contributed by atoms with Gasteiger partial charge in [0.2, 0.25) is 5.95 Å². The summed E-state index contributed by atoms with van der Waals surface area (Å²) >= 11 is 3.21. The molecular weight excluding hydrogens is 197 g/mol. The molecule has 0 unspecified atom stereocenters. The second kappa shape index (κ2) is 3.10. The van der Waals surface area contributed by atoms with Crippen molar-refractivity contribution >= 4 is 15.9 Å². The Morgan fingerprint density at radius 1 is 1.60 bits per heavy atom. The molecule has 0 atom stereocenters. The van der Waals surface area contributed by atoms with E-state index in [9.17, 15) is 4.39 Å². The summed E-state index contributed by atoms with van der Waals surface area (Å²) in [6.07, 6.45) is 0. The van der Waals surface area contributed by atoms with E-state index in [0.717, 1.165) is 11.3 Å². The lowest BCUT2D eigenvalue weighted by atomic mass is 10.2. The molecule has 1 rings (SSSR count). The van der Waals surface area contributed by atoms with Crippen molar-refractivity contribution in [3.05, 3.63) is 29.3 Å². The molecule has 0 radical (unpaired) electrons. The third-order valence-corrected chi connectivity index (χ3v) is 1.83. The van der Waals surface area contributed by atoms with Crippen molar-refractivity contribution in [2.75, 3.05) is 0 Å². The number of hydrogen-bond donors (Lipinski definition) is 0. The van der Waals surface area contributed by atoms with Crippen LogP contribution in [0.2, 0.25) is 0 Å². The molecule has 0 amide bonds. The quantitative estimate of drug-likeness (QED) is 0.505. The molecule has 0 aliphatic heterocycles. The molecule has 0 aliphatic rings. The Hall–Kier alpha value is -0.440. The Labute approximate surface area is 67.4 Å². The van der Waals surface area contributed by atoms with Gasteiger partial charge in [-0.2, -0.15) is 4.39 Å². The Balaban J connectivity index is 3.09. The molecule has 0 aliphatic carbocycles. The second-order valence-electron chi connectivity index (χ2n) is 2.03. The highest BCUT2D eigenvalue weighted by molar-refractivity contribution is 9.08. The fourth-order valence-corrected chi connectivity index (χ4v) is 1.25. The van der Waals surface area contributed by atoms with E-state index in [1.807, 2.05) is 6.92 Å². The van der Waals surface area contributed by atoms with Gasteiger partial charge in [-0.1, -0.05) is 22.0 Å². The van der Waals surface area contributed by atoms with Crippen LogP contribution in [0, 0.1) is 12.9 Å². The van der Waals surface area contributed by atoms with E-state index in [2.05, 4.69) is 20.9 Å². The summed E-state index contributed by atoms with van der Waals surface area (Å²) < 4.78 is 12.4. The van der Waals surface area contributed by atoms with E-state index >= 15 is 0 Å². The zero-order valence-corrected chi connectivity index (χ0v) is 7.15. The van der Waals surface area contributed by atoms with Gasteiger partial charge in [0.25, 0.3) is 0 Å². The van der Waals surface area contributed by atoms with Crippen molar-refractivity contribution < 1.29 is 4.39 Å². The summed E-state index contributed by atoms with van der Waals surface area (Å²) in [5.41, 5.74) is 1.78. The minimum Gasteiger partial charge on any atom is -0.224 e. The number of rotatable bonds is 1. The van der Waals surface area contributed by atoms with E-state index in [1.165, 1.54) is 6.07 Å². The molecule has 1 aromatic heterocycles. The molecule has 0 spiro atoms. The van der Waals surface area contributed by atoms with E-state index in [4.69, 9.17) is 0 Å². The van der Waals surface area contributed by atoms with E-state index in [-0.39, 0.29) is 0 Å². The van der Waals surface area contributed by atoms with Gasteiger partial charge in [-0.3, -0.25) is 0 Å². The highest BCUT2D eigenvalue weighted by Gasteiger charge is 1.98. The number of hydrogen-bond acceptors (Lipinski definition) is 1. The van der Waals surface area contributed by atoms with Gasteiger partial charge in [0.05, 0.1) is 5.69 Å². The van der Waals surface area contributed by atoms with Gasteiger partial charge < -0.3 is 0 Å². The molecule has 1 heterocycles. The van der Waals surface area contributed by atoms with Crippen LogP contribution in [0.4, 0.5) is 4.39 Å². The van der Waals surface area contributed by atoms with Gasteiger partial charge >= 0.3 is 0 Å². The number of pyridine rings is 1. The van der Waals surface area contributed by atoms with Gasteiger partial charge in [0, 0.05) is 5.33 Å². The largest absolute Gasteiger partial charge is 0.224 e. The first-order valence-electron chi connectivity index (χ1n) is 2.92. The third kappa shape index (κ3) is 1.53. The fourth-order valence-electron chi connectivity index (χ4n) is 0.680. The van der Waals surface area contributed by atoms with E-state index in [0.29, 0.717) is 5.33 Å². The summed E-state index contributed by atoms with van der Waals surface area (Å²) in [7, 11) is 0. The van der Waals surface area contributed by atoms with Crippen molar-refractivity contribution in [2.24, 2.45) is 0 Å². The minimum atomic E-state index is -0.417. The van der Waals surface area contributed by atoms with Crippen LogP contribution in [-0.2, 0) is 5.33 Å². The number of aromatic nitrogens is 1. The molecule has 0 N–H and O–H groups in total. The second-order valence-corrected chi connectivity index (χ2v) is 2.59. The number of alkyl halides is 1. The summed E-state index contributed by atoms with van der Waals surface area (Å²) in [6, 6.07) is 3.08. The van der Waals surface area contributed by atoms with E-state index < -0.39 is 5.95 Å².